The molecule has 0 bridgehead atoms. The topological polar surface area (TPSA) is 42.4 Å². The molecule has 0 radical (unpaired) electrons. The molecule has 1 heterocycles. The Morgan fingerprint density at radius 1 is 0.762 bits per heavy atom. The smallest absolute Gasteiger partial charge is 0.136 e. The van der Waals surface area contributed by atoms with Crippen LogP contribution < -0.4 is 4.74 Å². The van der Waals surface area contributed by atoms with Crippen LogP contribution in [0.2, 0.25) is 0 Å². The van der Waals surface area contributed by atoms with Crippen molar-refractivity contribution in [1.82, 2.24) is 4.98 Å². The molecule has 0 amide bonds. The molecule has 0 aliphatic rings. The Kier molecular flexibility index (Phi) is 5.50. The molecule has 0 saturated carbocycles. The Morgan fingerprint density at radius 3 is 2.14 bits per heavy atom. The van der Waals surface area contributed by atoms with Gasteiger partial charge in [-0.1, -0.05) is 36.4 Å². The van der Waals surface area contributed by atoms with E-state index in [0.29, 0.717) is 0 Å². The van der Waals surface area contributed by atoms with Gasteiger partial charge >= 0.3 is 0 Å². The van der Waals surface area contributed by atoms with Crippen LogP contribution in [0.25, 0.3) is 11.3 Å². The lowest BCUT2D eigenvalue weighted by atomic mass is 10.1. The van der Waals surface area contributed by atoms with Gasteiger partial charge in [0.1, 0.15) is 11.5 Å². The first-order valence-electron chi connectivity index (χ1n) is 6.61. The molecule has 0 aliphatic carbocycles. The van der Waals surface area contributed by atoms with Crippen molar-refractivity contribution in [3.05, 3.63) is 79.0 Å². The first kappa shape index (κ1) is 14.8. The summed E-state index contributed by atoms with van der Waals surface area (Å²) in [7, 11) is 1.00. The number of aliphatic hydroxyl groups is 1. The molecule has 106 valence electrons. The minimum atomic E-state index is 0.812. The first-order valence-corrected chi connectivity index (χ1v) is 6.61. The predicted octanol–water partition coefficient (Wildman–Crippen LogP) is 4.15. The Balaban J connectivity index is 0.000000774. The Hall–Kier alpha value is -2.65. The highest BCUT2D eigenvalue weighted by molar-refractivity contribution is 5.67. The van der Waals surface area contributed by atoms with Gasteiger partial charge in [0.25, 0.3) is 0 Å². The third kappa shape index (κ3) is 3.91. The fourth-order valence-corrected chi connectivity index (χ4v) is 1.90. The van der Waals surface area contributed by atoms with Gasteiger partial charge in [0.2, 0.25) is 0 Å². The van der Waals surface area contributed by atoms with Crippen LogP contribution >= 0.6 is 0 Å². The highest BCUT2D eigenvalue weighted by Crippen LogP contribution is 2.31. The second-order valence-electron chi connectivity index (χ2n) is 4.13. The summed E-state index contributed by atoms with van der Waals surface area (Å²) < 4.78 is 5.92. The van der Waals surface area contributed by atoms with Gasteiger partial charge in [0.15, 0.2) is 0 Å². The SMILES string of the molecule is CO.c1ccc(Oc2ccccc2-c2ccccn2)cc1. The number of pyridine rings is 1. The number of ether oxygens (including phenoxy) is 1. The molecule has 3 heteroatoms. The van der Waals surface area contributed by atoms with Crippen LogP contribution in [-0.2, 0) is 0 Å². The van der Waals surface area contributed by atoms with E-state index in [0.717, 1.165) is 29.9 Å². The third-order valence-electron chi connectivity index (χ3n) is 2.80. The molecule has 0 aliphatic heterocycles. The number of hydrogen-bond acceptors (Lipinski definition) is 3. The molecule has 0 atom stereocenters. The van der Waals surface area contributed by atoms with Crippen molar-refractivity contribution < 1.29 is 9.84 Å². The van der Waals surface area contributed by atoms with E-state index in [2.05, 4.69) is 4.98 Å². The monoisotopic (exact) mass is 279 g/mol. The molecule has 1 N–H and O–H groups in total. The van der Waals surface area contributed by atoms with Gasteiger partial charge in [-0.05, 0) is 36.4 Å². The number of benzene rings is 2. The maximum atomic E-state index is 7.00. The third-order valence-corrected chi connectivity index (χ3v) is 2.80. The van der Waals surface area contributed by atoms with E-state index < -0.39 is 0 Å². The summed E-state index contributed by atoms with van der Waals surface area (Å²) in [4.78, 5) is 4.37. The van der Waals surface area contributed by atoms with Gasteiger partial charge in [-0.25, -0.2) is 0 Å². The van der Waals surface area contributed by atoms with E-state index >= 15 is 0 Å². The molecule has 0 saturated heterocycles. The van der Waals surface area contributed by atoms with Crippen LogP contribution in [0.4, 0.5) is 0 Å². The summed E-state index contributed by atoms with van der Waals surface area (Å²) in [6.45, 7) is 0. The van der Waals surface area contributed by atoms with Gasteiger partial charge in [-0.15, -0.1) is 0 Å². The maximum absolute atomic E-state index is 7.00. The molecule has 2 aromatic carbocycles. The summed E-state index contributed by atoms with van der Waals surface area (Å²) in [5.41, 5.74) is 1.90. The zero-order chi connectivity index (χ0) is 14.9. The van der Waals surface area contributed by atoms with Crippen LogP contribution in [0, 0.1) is 0 Å². The Morgan fingerprint density at radius 2 is 1.43 bits per heavy atom. The minimum Gasteiger partial charge on any atom is -0.457 e. The van der Waals surface area contributed by atoms with Crippen LogP contribution in [0.5, 0.6) is 11.5 Å². The molecule has 3 aromatic rings. The number of hydrogen-bond donors (Lipinski definition) is 1. The summed E-state index contributed by atoms with van der Waals surface area (Å²) in [5.74, 6) is 1.64. The summed E-state index contributed by atoms with van der Waals surface area (Å²) >= 11 is 0. The van der Waals surface area contributed by atoms with Gasteiger partial charge in [-0.2, -0.15) is 0 Å². The fraction of sp³-hybridized carbons (Fsp3) is 0.0556. The molecule has 0 spiro atoms. The lowest BCUT2D eigenvalue weighted by Crippen LogP contribution is -1.89. The summed E-state index contributed by atoms with van der Waals surface area (Å²) in [6, 6.07) is 23.5. The lowest BCUT2D eigenvalue weighted by Gasteiger charge is -2.10. The van der Waals surface area contributed by atoms with E-state index in [1.54, 1.807) is 6.20 Å². The van der Waals surface area contributed by atoms with Crippen LogP contribution in [-0.4, -0.2) is 17.2 Å². The molecule has 3 rings (SSSR count). The van der Waals surface area contributed by atoms with E-state index in [4.69, 9.17) is 9.84 Å². The molecular formula is C18H17NO2. The molecule has 0 fully saturated rings. The number of nitrogens with zero attached hydrogens (tertiary/aromatic N) is 1. The standard InChI is InChI=1S/C17H13NO.CH4O/c1-2-8-14(9-3-1)19-17-12-5-4-10-15(17)16-11-6-7-13-18-16;1-2/h1-13H;2H,1H3. The molecule has 1 aromatic heterocycles. The van der Waals surface area contributed by atoms with Crippen LogP contribution in [0.3, 0.4) is 0 Å². The quantitative estimate of drug-likeness (QED) is 0.783. The second-order valence-corrected chi connectivity index (χ2v) is 4.13. The summed E-state index contributed by atoms with van der Waals surface area (Å²) in [6.07, 6.45) is 1.79. The highest BCUT2D eigenvalue weighted by atomic mass is 16.5. The molecule has 21 heavy (non-hydrogen) atoms. The molecular weight excluding hydrogens is 262 g/mol. The number of aliphatic hydroxyl groups excluding tert-OH is 1. The van der Waals surface area contributed by atoms with Crippen molar-refractivity contribution in [2.45, 2.75) is 0 Å². The Labute approximate surface area is 124 Å². The number of aromatic nitrogens is 1. The average Bonchev–Trinajstić information content (AvgIpc) is 2.59. The fourth-order valence-electron chi connectivity index (χ4n) is 1.90. The average molecular weight is 279 g/mol. The number of para-hydroxylation sites is 2. The largest absolute Gasteiger partial charge is 0.457 e. The van der Waals surface area contributed by atoms with Gasteiger partial charge in [-0.3, -0.25) is 4.98 Å². The van der Waals surface area contributed by atoms with Crippen molar-refractivity contribution in [3.8, 4) is 22.8 Å². The Bertz CT molecular complexity index is 654. The van der Waals surface area contributed by atoms with Crippen molar-refractivity contribution >= 4 is 0 Å². The van der Waals surface area contributed by atoms with E-state index in [-0.39, 0.29) is 0 Å². The highest BCUT2D eigenvalue weighted by Gasteiger charge is 2.07. The number of rotatable bonds is 3. The second kappa shape index (κ2) is 7.82. The normalized spacial score (nSPS) is 9.43. The van der Waals surface area contributed by atoms with Gasteiger partial charge in [0, 0.05) is 18.9 Å². The van der Waals surface area contributed by atoms with E-state index in [1.807, 2.05) is 72.8 Å². The van der Waals surface area contributed by atoms with Crippen LogP contribution in [0.1, 0.15) is 0 Å². The zero-order valence-corrected chi connectivity index (χ0v) is 11.8. The predicted molar refractivity (Wildman–Crippen MR) is 84.3 cm³/mol. The van der Waals surface area contributed by atoms with E-state index in [1.165, 1.54) is 0 Å². The van der Waals surface area contributed by atoms with E-state index in [9.17, 15) is 0 Å². The first-order chi connectivity index (χ1) is 10.4. The molecule has 0 unspecified atom stereocenters. The lowest BCUT2D eigenvalue weighted by molar-refractivity contribution is 0.399. The van der Waals surface area contributed by atoms with Crippen molar-refractivity contribution in [1.29, 1.82) is 0 Å². The molecule has 3 nitrogen and oxygen atoms in total. The van der Waals surface area contributed by atoms with Crippen LogP contribution in [0.15, 0.2) is 79.0 Å². The zero-order valence-electron chi connectivity index (χ0n) is 11.8. The maximum Gasteiger partial charge on any atom is 0.136 e. The van der Waals surface area contributed by atoms with Crippen molar-refractivity contribution in [2.75, 3.05) is 7.11 Å². The van der Waals surface area contributed by atoms with Crippen molar-refractivity contribution in [3.63, 3.8) is 0 Å². The summed E-state index contributed by atoms with van der Waals surface area (Å²) in [5, 5.41) is 7.00. The van der Waals surface area contributed by atoms with Gasteiger partial charge < -0.3 is 9.84 Å². The minimum absolute atomic E-state index is 0.812. The van der Waals surface area contributed by atoms with Crippen molar-refractivity contribution in [2.24, 2.45) is 0 Å². The van der Waals surface area contributed by atoms with Gasteiger partial charge in [0.05, 0.1) is 5.69 Å².